The van der Waals surface area contributed by atoms with Crippen molar-refractivity contribution in [3.8, 4) is 0 Å². The lowest BCUT2D eigenvalue weighted by Gasteiger charge is -2.34. The van der Waals surface area contributed by atoms with E-state index in [2.05, 4.69) is 19.2 Å². The summed E-state index contributed by atoms with van der Waals surface area (Å²) in [4.78, 5) is 12.2. The van der Waals surface area contributed by atoms with Crippen molar-refractivity contribution in [1.82, 2.24) is 5.32 Å². The number of carbonyl (C=O) groups is 1. The van der Waals surface area contributed by atoms with Crippen molar-refractivity contribution in [1.29, 1.82) is 0 Å². The first-order chi connectivity index (χ1) is 7.90. The standard InChI is InChI=1S/C13H25NO3/c1-4-13(8-15,9-16)14-11(17)10-6-5-7-12(10,2)3/h10,15-16H,4-9H2,1-3H3,(H,14,17). The van der Waals surface area contributed by atoms with Crippen molar-refractivity contribution in [2.75, 3.05) is 13.2 Å². The SMILES string of the molecule is CCC(CO)(CO)NC(=O)C1CCCC1(C)C. The fourth-order valence-electron chi connectivity index (χ4n) is 2.60. The monoisotopic (exact) mass is 243 g/mol. The van der Waals surface area contributed by atoms with E-state index in [9.17, 15) is 15.0 Å². The average Bonchev–Trinajstić information content (AvgIpc) is 2.66. The predicted molar refractivity (Wildman–Crippen MR) is 66.5 cm³/mol. The highest BCUT2D eigenvalue weighted by Crippen LogP contribution is 2.42. The van der Waals surface area contributed by atoms with E-state index in [1.165, 1.54) is 0 Å². The molecule has 1 atom stereocenters. The van der Waals surface area contributed by atoms with E-state index in [1.54, 1.807) is 0 Å². The molecular weight excluding hydrogens is 218 g/mol. The molecule has 0 aromatic carbocycles. The van der Waals surface area contributed by atoms with Crippen molar-refractivity contribution in [2.45, 2.75) is 52.0 Å². The smallest absolute Gasteiger partial charge is 0.224 e. The first-order valence-corrected chi connectivity index (χ1v) is 6.44. The first kappa shape index (κ1) is 14.5. The Hall–Kier alpha value is -0.610. The van der Waals surface area contributed by atoms with Gasteiger partial charge in [-0.15, -0.1) is 0 Å². The highest BCUT2D eigenvalue weighted by molar-refractivity contribution is 5.80. The number of aliphatic hydroxyl groups is 2. The summed E-state index contributed by atoms with van der Waals surface area (Å²) in [6.45, 7) is 5.62. The van der Waals surface area contributed by atoms with Crippen molar-refractivity contribution in [3.05, 3.63) is 0 Å². The van der Waals surface area contributed by atoms with E-state index in [-0.39, 0.29) is 30.5 Å². The van der Waals surface area contributed by atoms with Crippen molar-refractivity contribution in [3.63, 3.8) is 0 Å². The fourth-order valence-corrected chi connectivity index (χ4v) is 2.60. The Bertz CT molecular complexity index is 264. The number of hydrogen-bond donors (Lipinski definition) is 3. The van der Waals surface area contributed by atoms with Crippen LogP contribution in [0.5, 0.6) is 0 Å². The van der Waals surface area contributed by atoms with E-state index in [0.717, 1.165) is 19.3 Å². The Morgan fingerprint density at radius 3 is 2.35 bits per heavy atom. The molecule has 0 aromatic rings. The predicted octanol–water partition coefficient (Wildman–Crippen LogP) is 1.06. The summed E-state index contributed by atoms with van der Waals surface area (Å²) in [5.74, 6) is -0.0380. The zero-order valence-electron chi connectivity index (χ0n) is 11.1. The van der Waals surface area contributed by atoms with Gasteiger partial charge in [0.15, 0.2) is 0 Å². The maximum atomic E-state index is 12.2. The van der Waals surface area contributed by atoms with Crippen LogP contribution in [0.3, 0.4) is 0 Å². The summed E-state index contributed by atoms with van der Waals surface area (Å²) < 4.78 is 0. The Balaban J connectivity index is 2.71. The fraction of sp³-hybridized carbons (Fsp3) is 0.923. The molecule has 0 aliphatic heterocycles. The molecule has 1 aliphatic carbocycles. The number of amides is 1. The molecule has 1 unspecified atom stereocenters. The molecule has 4 heteroatoms. The summed E-state index contributed by atoms with van der Waals surface area (Å²) in [5, 5.41) is 21.5. The lowest BCUT2D eigenvalue weighted by Crippen LogP contribution is -2.56. The zero-order valence-corrected chi connectivity index (χ0v) is 11.1. The van der Waals surface area contributed by atoms with Crippen LogP contribution < -0.4 is 5.32 Å². The van der Waals surface area contributed by atoms with Crippen LogP contribution in [0.4, 0.5) is 0 Å². The minimum absolute atomic E-state index is 0.00785. The van der Waals surface area contributed by atoms with Crippen LogP contribution in [-0.4, -0.2) is 34.9 Å². The van der Waals surface area contributed by atoms with Gasteiger partial charge in [0.2, 0.25) is 5.91 Å². The van der Waals surface area contributed by atoms with E-state index >= 15 is 0 Å². The quantitative estimate of drug-likeness (QED) is 0.676. The van der Waals surface area contributed by atoms with Gasteiger partial charge in [-0.25, -0.2) is 0 Å². The molecule has 0 aromatic heterocycles. The van der Waals surface area contributed by atoms with Crippen LogP contribution in [0.25, 0.3) is 0 Å². The summed E-state index contributed by atoms with van der Waals surface area (Å²) in [5.41, 5.74) is -0.843. The number of nitrogens with one attached hydrogen (secondary N) is 1. The number of aliphatic hydroxyl groups excluding tert-OH is 2. The maximum absolute atomic E-state index is 12.2. The second-order valence-corrected chi connectivity index (χ2v) is 5.87. The van der Waals surface area contributed by atoms with Gasteiger partial charge in [0.05, 0.1) is 18.8 Å². The average molecular weight is 243 g/mol. The topological polar surface area (TPSA) is 69.6 Å². The van der Waals surface area contributed by atoms with E-state index < -0.39 is 5.54 Å². The van der Waals surface area contributed by atoms with E-state index in [4.69, 9.17) is 0 Å². The van der Waals surface area contributed by atoms with Gasteiger partial charge >= 0.3 is 0 Å². The largest absolute Gasteiger partial charge is 0.394 e. The van der Waals surface area contributed by atoms with Gasteiger partial charge < -0.3 is 15.5 Å². The van der Waals surface area contributed by atoms with Crippen LogP contribution in [0.2, 0.25) is 0 Å². The van der Waals surface area contributed by atoms with Crippen LogP contribution in [0.1, 0.15) is 46.5 Å². The molecule has 0 radical (unpaired) electrons. The molecule has 1 aliphatic rings. The zero-order chi connectivity index (χ0) is 13.1. The van der Waals surface area contributed by atoms with Crippen LogP contribution in [0.15, 0.2) is 0 Å². The molecule has 1 rings (SSSR count). The van der Waals surface area contributed by atoms with Gasteiger partial charge in [-0.1, -0.05) is 27.2 Å². The van der Waals surface area contributed by atoms with Crippen LogP contribution in [0, 0.1) is 11.3 Å². The Morgan fingerprint density at radius 1 is 1.41 bits per heavy atom. The molecule has 0 bridgehead atoms. The summed E-state index contributed by atoms with van der Waals surface area (Å²) in [6.07, 6.45) is 3.55. The van der Waals surface area contributed by atoms with Crippen molar-refractivity contribution < 1.29 is 15.0 Å². The van der Waals surface area contributed by atoms with Crippen LogP contribution >= 0.6 is 0 Å². The molecule has 100 valence electrons. The summed E-state index contributed by atoms with van der Waals surface area (Å²) >= 11 is 0. The number of rotatable bonds is 5. The van der Waals surface area contributed by atoms with Gasteiger partial charge in [0.25, 0.3) is 0 Å². The molecule has 1 saturated carbocycles. The normalized spacial score (nSPS) is 23.7. The Kier molecular flexibility index (Phi) is 4.55. The summed E-state index contributed by atoms with van der Waals surface area (Å²) in [6, 6.07) is 0. The minimum atomic E-state index is -0.865. The molecule has 3 N–H and O–H groups in total. The second kappa shape index (κ2) is 5.36. The molecule has 0 saturated heterocycles. The third-order valence-corrected chi connectivity index (χ3v) is 4.24. The lowest BCUT2D eigenvalue weighted by molar-refractivity contribution is -0.131. The Morgan fingerprint density at radius 2 is 2.00 bits per heavy atom. The second-order valence-electron chi connectivity index (χ2n) is 5.87. The minimum Gasteiger partial charge on any atom is -0.394 e. The Labute approximate surface area is 103 Å². The lowest BCUT2D eigenvalue weighted by atomic mass is 9.80. The van der Waals surface area contributed by atoms with Crippen molar-refractivity contribution >= 4 is 5.91 Å². The molecule has 17 heavy (non-hydrogen) atoms. The van der Waals surface area contributed by atoms with Gasteiger partial charge in [0, 0.05) is 5.92 Å². The molecule has 0 spiro atoms. The molecule has 0 heterocycles. The van der Waals surface area contributed by atoms with E-state index in [1.807, 2.05) is 6.92 Å². The number of hydrogen-bond acceptors (Lipinski definition) is 3. The van der Waals surface area contributed by atoms with Gasteiger partial charge in [-0.05, 0) is 24.7 Å². The van der Waals surface area contributed by atoms with E-state index in [0.29, 0.717) is 6.42 Å². The highest BCUT2D eigenvalue weighted by Gasteiger charge is 2.41. The van der Waals surface area contributed by atoms with Gasteiger partial charge in [-0.3, -0.25) is 4.79 Å². The third kappa shape index (κ3) is 2.99. The summed E-state index contributed by atoms with van der Waals surface area (Å²) in [7, 11) is 0. The molecule has 1 amide bonds. The maximum Gasteiger partial charge on any atom is 0.224 e. The molecular formula is C13H25NO3. The van der Waals surface area contributed by atoms with Gasteiger partial charge in [-0.2, -0.15) is 0 Å². The van der Waals surface area contributed by atoms with Crippen molar-refractivity contribution in [2.24, 2.45) is 11.3 Å². The number of carbonyl (C=O) groups excluding carboxylic acids is 1. The van der Waals surface area contributed by atoms with Gasteiger partial charge in [0.1, 0.15) is 0 Å². The molecule has 4 nitrogen and oxygen atoms in total. The first-order valence-electron chi connectivity index (χ1n) is 6.44. The molecule has 1 fully saturated rings. The third-order valence-electron chi connectivity index (χ3n) is 4.24. The highest BCUT2D eigenvalue weighted by atomic mass is 16.3. The van der Waals surface area contributed by atoms with Crippen LogP contribution in [-0.2, 0) is 4.79 Å².